The van der Waals surface area contributed by atoms with Crippen LogP contribution in [0.3, 0.4) is 0 Å². The number of hydrogen-bond acceptors (Lipinski definition) is 2. The molecule has 2 nitrogen and oxygen atoms in total. The molecule has 0 amide bonds. The van der Waals surface area contributed by atoms with Crippen LogP contribution in [0.5, 0.6) is 5.75 Å². The zero-order valence-corrected chi connectivity index (χ0v) is 11.1. The van der Waals surface area contributed by atoms with Gasteiger partial charge in [-0.3, -0.25) is 4.79 Å². The molecule has 0 aliphatic carbocycles. The van der Waals surface area contributed by atoms with Crippen LogP contribution in [0, 0.1) is 0 Å². The minimum absolute atomic E-state index is 0.160. The van der Waals surface area contributed by atoms with Crippen LogP contribution in [-0.2, 0) is 4.79 Å². The molecule has 0 N–H and O–H groups in total. The van der Waals surface area contributed by atoms with E-state index in [9.17, 15) is 4.79 Å². The van der Waals surface area contributed by atoms with E-state index in [1.165, 1.54) is 0 Å². The van der Waals surface area contributed by atoms with E-state index in [1.54, 1.807) is 0 Å². The van der Waals surface area contributed by atoms with Crippen LogP contribution in [0.2, 0.25) is 0 Å². The molecule has 0 saturated heterocycles. The third-order valence-electron chi connectivity index (χ3n) is 2.91. The summed E-state index contributed by atoms with van der Waals surface area (Å²) in [6, 6.07) is 17.7. The Hall–Kier alpha value is -2.09. The molecular formula is C17H18O2. The number of ether oxygens (including phenoxy) is 1. The van der Waals surface area contributed by atoms with Gasteiger partial charge in [0.1, 0.15) is 5.75 Å². The zero-order valence-electron chi connectivity index (χ0n) is 11.1. The highest BCUT2D eigenvalue weighted by atomic mass is 16.5. The summed E-state index contributed by atoms with van der Waals surface area (Å²) in [4.78, 5) is 11.6. The quantitative estimate of drug-likeness (QED) is 0.582. The van der Waals surface area contributed by atoms with Crippen molar-refractivity contribution < 1.29 is 9.53 Å². The maximum absolute atomic E-state index is 11.6. The average molecular weight is 254 g/mol. The van der Waals surface area contributed by atoms with Crippen LogP contribution < -0.4 is 4.74 Å². The molecule has 0 bridgehead atoms. The Morgan fingerprint density at radius 3 is 2.47 bits per heavy atom. The standard InChI is InChI=1S/C17H18O2/c1-2-3-12-17(18)19-16-11-7-10-15(13-16)14-8-5-4-6-9-14/h4-11,13H,2-3,12H2,1H3. The molecule has 2 heteroatoms. The van der Waals surface area contributed by atoms with Gasteiger partial charge in [0.2, 0.25) is 0 Å². The van der Waals surface area contributed by atoms with E-state index in [4.69, 9.17) is 4.74 Å². The molecule has 98 valence electrons. The van der Waals surface area contributed by atoms with Gasteiger partial charge in [0.15, 0.2) is 0 Å². The Morgan fingerprint density at radius 1 is 1.00 bits per heavy atom. The Labute approximate surface area is 114 Å². The van der Waals surface area contributed by atoms with Gasteiger partial charge < -0.3 is 4.74 Å². The highest BCUT2D eigenvalue weighted by Crippen LogP contribution is 2.23. The zero-order chi connectivity index (χ0) is 13.5. The number of carbonyl (C=O) groups is 1. The topological polar surface area (TPSA) is 26.3 Å². The lowest BCUT2D eigenvalue weighted by molar-refractivity contribution is -0.134. The number of benzene rings is 2. The molecule has 0 heterocycles. The first kappa shape index (κ1) is 13.3. The van der Waals surface area contributed by atoms with E-state index in [-0.39, 0.29) is 5.97 Å². The lowest BCUT2D eigenvalue weighted by Crippen LogP contribution is -2.07. The van der Waals surface area contributed by atoms with Crippen LogP contribution in [-0.4, -0.2) is 5.97 Å². The molecule has 2 aromatic rings. The molecule has 0 spiro atoms. The van der Waals surface area contributed by atoms with E-state index in [0.29, 0.717) is 12.2 Å². The predicted molar refractivity (Wildman–Crippen MR) is 77.0 cm³/mol. The fourth-order valence-electron chi connectivity index (χ4n) is 1.87. The second-order valence-electron chi connectivity index (χ2n) is 4.47. The van der Waals surface area contributed by atoms with Crippen molar-refractivity contribution in [1.82, 2.24) is 0 Å². The maximum Gasteiger partial charge on any atom is 0.311 e. The molecule has 0 atom stereocenters. The van der Waals surface area contributed by atoms with Crippen LogP contribution in [0.1, 0.15) is 26.2 Å². The van der Waals surface area contributed by atoms with E-state index < -0.39 is 0 Å². The van der Waals surface area contributed by atoms with Crippen molar-refractivity contribution in [3.8, 4) is 16.9 Å². The Balaban J connectivity index is 2.10. The molecular weight excluding hydrogens is 236 g/mol. The molecule has 2 rings (SSSR count). The lowest BCUT2D eigenvalue weighted by atomic mass is 10.1. The molecule has 0 aliphatic rings. The number of unbranched alkanes of at least 4 members (excludes halogenated alkanes) is 1. The third kappa shape index (κ3) is 3.95. The molecule has 2 aromatic carbocycles. The molecule has 19 heavy (non-hydrogen) atoms. The molecule has 0 unspecified atom stereocenters. The van der Waals surface area contributed by atoms with Crippen molar-refractivity contribution in [2.24, 2.45) is 0 Å². The fourth-order valence-corrected chi connectivity index (χ4v) is 1.87. The van der Waals surface area contributed by atoms with Gasteiger partial charge in [0.25, 0.3) is 0 Å². The lowest BCUT2D eigenvalue weighted by Gasteiger charge is -2.06. The van der Waals surface area contributed by atoms with Crippen molar-refractivity contribution >= 4 is 5.97 Å². The molecule has 0 radical (unpaired) electrons. The summed E-state index contributed by atoms with van der Waals surface area (Å²) >= 11 is 0. The van der Waals surface area contributed by atoms with Crippen LogP contribution in [0.15, 0.2) is 54.6 Å². The van der Waals surface area contributed by atoms with Crippen molar-refractivity contribution in [1.29, 1.82) is 0 Å². The minimum Gasteiger partial charge on any atom is -0.427 e. The number of carbonyl (C=O) groups excluding carboxylic acids is 1. The monoisotopic (exact) mass is 254 g/mol. The highest BCUT2D eigenvalue weighted by Gasteiger charge is 2.05. The van der Waals surface area contributed by atoms with Gasteiger partial charge in [-0.25, -0.2) is 0 Å². The summed E-state index contributed by atoms with van der Waals surface area (Å²) in [5.74, 6) is 0.453. The van der Waals surface area contributed by atoms with Gasteiger partial charge in [0.05, 0.1) is 0 Å². The number of esters is 1. The summed E-state index contributed by atoms with van der Waals surface area (Å²) < 4.78 is 5.34. The Morgan fingerprint density at radius 2 is 1.74 bits per heavy atom. The van der Waals surface area contributed by atoms with Gasteiger partial charge in [0, 0.05) is 6.42 Å². The van der Waals surface area contributed by atoms with E-state index >= 15 is 0 Å². The molecule has 0 aliphatic heterocycles. The normalized spacial score (nSPS) is 10.2. The summed E-state index contributed by atoms with van der Waals surface area (Å²) in [5, 5.41) is 0. The number of rotatable bonds is 5. The summed E-state index contributed by atoms with van der Waals surface area (Å²) in [5.41, 5.74) is 2.18. The Kier molecular flexibility index (Phi) is 4.73. The van der Waals surface area contributed by atoms with Crippen molar-refractivity contribution in [3.63, 3.8) is 0 Å². The van der Waals surface area contributed by atoms with Gasteiger partial charge in [-0.2, -0.15) is 0 Å². The Bertz CT molecular complexity index is 532. The molecule has 0 fully saturated rings. The van der Waals surface area contributed by atoms with Crippen molar-refractivity contribution in [2.45, 2.75) is 26.2 Å². The third-order valence-corrected chi connectivity index (χ3v) is 2.91. The largest absolute Gasteiger partial charge is 0.427 e. The summed E-state index contributed by atoms with van der Waals surface area (Å²) in [7, 11) is 0. The predicted octanol–water partition coefficient (Wildman–Crippen LogP) is 4.45. The summed E-state index contributed by atoms with van der Waals surface area (Å²) in [6.45, 7) is 2.06. The van der Waals surface area contributed by atoms with Crippen LogP contribution >= 0.6 is 0 Å². The van der Waals surface area contributed by atoms with Gasteiger partial charge in [-0.15, -0.1) is 0 Å². The second kappa shape index (κ2) is 6.74. The second-order valence-corrected chi connectivity index (χ2v) is 4.47. The average Bonchev–Trinajstić information content (AvgIpc) is 2.46. The number of hydrogen-bond donors (Lipinski definition) is 0. The van der Waals surface area contributed by atoms with Gasteiger partial charge in [-0.1, -0.05) is 55.8 Å². The minimum atomic E-state index is -0.160. The van der Waals surface area contributed by atoms with Gasteiger partial charge in [-0.05, 0) is 29.7 Å². The molecule has 0 aromatic heterocycles. The SMILES string of the molecule is CCCCC(=O)Oc1cccc(-c2ccccc2)c1. The van der Waals surface area contributed by atoms with E-state index in [2.05, 4.69) is 6.92 Å². The van der Waals surface area contributed by atoms with Crippen molar-refractivity contribution in [3.05, 3.63) is 54.6 Å². The van der Waals surface area contributed by atoms with Crippen LogP contribution in [0.4, 0.5) is 0 Å². The van der Waals surface area contributed by atoms with Crippen LogP contribution in [0.25, 0.3) is 11.1 Å². The smallest absolute Gasteiger partial charge is 0.311 e. The van der Waals surface area contributed by atoms with E-state index in [0.717, 1.165) is 24.0 Å². The first-order chi connectivity index (χ1) is 9.29. The summed E-state index contributed by atoms with van der Waals surface area (Å²) in [6.07, 6.45) is 2.35. The highest BCUT2D eigenvalue weighted by molar-refractivity contribution is 5.73. The first-order valence-corrected chi connectivity index (χ1v) is 6.66. The van der Waals surface area contributed by atoms with Crippen molar-refractivity contribution in [2.75, 3.05) is 0 Å². The first-order valence-electron chi connectivity index (χ1n) is 6.66. The fraction of sp³-hybridized carbons (Fsp3) is 0.235. The molecule has 0 saturated carbocycles. The maximum atomic E-state index is 11.6. The van der Waals surface area contributed by atoms with Gasteiger partial charge >= 0.3 is 5.97 Å². The van der Waals surface area contributed by atoms with E-state index in [1.807, 2.05) is 54.6 Å².